The van der Waals surface area contributed by atoms with Gasteiger partial charge in [-0.15, -0.1) is 0 Å². The number of benzene rings is 2. The molecule has 0 amide bonds. The van der Waals surface area contributed by atoms with Crippen molar-refractivity contribution in [2.75, 3.05) is 26.3 Å². The summed E-state index contributed by atoms with van der Waals surface area (Å²) in [5.74, 6) is 0.407. The van der Waals surface area contributed by atoms with Crippen LogP contribution in [0.1, 0.15) is 29.2 Å². The molecule has 0 saturated carbocycles. The van der Waals surface area contributed by atoms with E-state index in [4.69, 9.17) is 4.74 Å². The van der Waals surface area contributed by atoms with Crippen LogP contribution in [0.3, 0.4) is 0 Å². The van der Waals surface area contributed by atoms with Gasteiger partial charge in [-0.2, -0.15) is 0 Å². The van der Waals surface area contributed by atoms with Gasteiger partial charge in [-0.3, -0.25) is 4.90 Å². The average Bonchev–Trinajstić information content (AvgIpc) is 2.60. The second-order valence-corrected chi connectivity index (χ2v) is 6.25. The normalized spacial score (nSPS) is 17.1. The van der Waals surface area contributed by atoms with Crippen molar-refractivity contribution in [1.82, 2.24) is 4.90 Å². The SMILES string of the molecule is Cc1ccc(O)c(CCC(c2ccccc2)N2CCOCC2)c1. The van der Waals surface area contributed by atoms with E-state index < -0.39 is 0 Å². The van der Waals surface area contributed by atoms with Crippen molar-refractivity contribution in [1.29, 1.82) is 0 Å². The minimum Gasteiger partial charge on any atom is -0.508 e. The molecule has 1 fully saturated rings. The first-order valence-corrected chi connectivity index (χ1v) is 8.39. The van der Waals surface area contributed by atoms with Gasteiger partial charge in [0, 0.05) is 19.1 Å². The van der Waals surface area contributed by atoms with E-state index in [0.717, 1.165) is 44.7 Å². The topological polar surface area (TPSA) is 32.7 Å². The molecule has 23 heavy (non-hydrogen) atoms. The predicted octanol–water partition coefficient (Wildman–Crippen LogP) is 3.71. The Labute approximate surface area is 138 Å². The molecule has 1 aliphatic rings. The first-order valence-electron chi connectivity index (χ1n) is 8.39. The van der Waals surface area contributed by atoms with Crippen LogP contribution in [-0.4, -0.2) is 36.3 Å². The van der Waals surface area contributed by atoms with Crippen molar-refractivity contribution in [3.8, 4) is 5.75 Å². The van der Waals surface area contributed by atoms with E-state index >= 15 is 0 Å². The Bertz CT molecular complexity index is 621. The summed E-state index contributed by atoms with van der Waals surface area (Å²) in [4.78, 5) is 2.51. The third kappa shape index (κ3) is 4.12. The Kier molecular flexibility index (Phi) is 5.31. The van der Waals surface area contributed by atoms with Crippen molar-refractivity contribution < 1.29 is 9.84 Å². The van der Waals surface area contributed by atoms with Gasteiger partial charge >= 0.3 is 0 Å². The molecule has 0 aromatic heterocycles. The van der Waals surface area contributed by atoms with E-state index in [2.05, 4.69) is 48.2 Å². The molecule has 1 heterocycles. The Morgan fingerprint density at radius 1 is 1.09 bits per heavy atom. The van der Waals surface area contributed by atoms with Crippen LogP contribution in [0.2, 0.25) is 0 Å². The summed E-state index contributed by atoms with van der Waals surface area (Å²) in [7, 11) is 0. The van der Waals surface area contributed by atoms with E-state index in [1.807, 2.05) is 6.07 Å². The van der Waals surface area contributed by atoms with Gasteiger partial charge in [0.25, 0.3) is 0 Å². The number of aromatic hydroxyl groups is 1. The molecule has 3 heteroatoms. The van der Waals surface area contributed by atoms with Crippen LogP contribution in [0.5, 0.6) is 5.75 Å². The third-order valence-corrected chi connectivity index (χ3v) is 4.59. The lowest BCUT2D eigenvalue weighted by Crippen LogP contribution is -2.39. The largest absolute Gasteiger partial charge is 0.508 e. The van der Waals surface area contributed by atoms with Gasteiger partial charge in [0.2, 0.25) is 0 Å². The molecule has 1 N–H and O–H groups in total. The fraction of sp³-hybridized carbons (Fsp3) is 0.400. The summed E-state index contributed by atoms with van der Waals surface area (Å²) in [5, 5.41) is 10.1. The highest BCUT2D eigenvalue weighted by atomic mass is 16.5. The maximum atomic E-state index is 10.1. The van der Waals surface area contributed by atoms with E-state index in [0.29, 0.717) is 11.8 Å². The van der Waals surface area contributed by atoms with Gasteiger partial charge in [-0.05, 0) is 37.0 Å². The van der Waals surface area contributed by atoms with Gasteiger partial charge in [0.1, 0.15) is 5.75 Å². The highest BCUT2D eigenvalue weighted by Gasteiger charge is 2.22. The zero-order chi connectivity index (χ0) is 16.1. The lowest BCUT2D eigenvalue weighted by atomic mass is 9.96. The Balaban J connectivity index is 1.77. The highest BCUT2D eigenvalue weighted by molar-refractivity contribution is 5.36. The number of ether oxygens (including phenoxy) is 1. The van der Waals surface area contributed by atoms with Crippen molar-refractivity contribution in [3.63, 3.8) is 0 Å². The summed E-state index contributed by atoms with van der Waals surface area (Å²) in [6, 6.07) is 16.9. The Morgan fingerprint density at radius 2 is 1.83 bits per heavy atom. The summed E-state index contributed by atoms with van der Waals surface area (Å²) < 4.78 is 5.50. The molecule has 122 valence electrons. The smallest absolute Gasteiger partial charge is 0.118 e. The standard InChI is InChI=1S/C20H25NO2/c1-16-7-10-20(22)18(15-16)8-9-19(17-5-3-2-4-6-17)21-11-13-23-14-12-21/h2-7,10,15,19,22H,8-9,11-14H2,1H3. The molecule has 0 aliphatic carbocycles. The van der Waals surface area contributed by atoms with Crippen molar-refractivity contribution in [2.45, 2.75) is 25.8 Å². The number of morpholine rings is 1. The third-order valence-electron chi connectivity index (χ3n) is 4.59. The zero-order valence-electron chi connectivity index (χ0n) is 13.7. The molecular formula is C20H25NO2. The van der Waals surface area contributed by atoms with Crippen molar-refractivity contribution in [2.24, 2.45) is 0 Å². The molecule has 3 rings (SSSR count). The Morgan fingerprint density at radius 3 is 2.57 bits per heavy atom. The number of hydrogen-bond acceptors (Lipinski definition) is 3. The van der Waals surface area contributed by atoms with E-state index in [9.17, 15) is 5.11 Å². The number of rotatable bonds is 5. The van der Waals surface area contributed by atoms with Gasteiger partial charge < -0.3 is 9.84 Å². The number of phenols is 1. The van der Waals surface area contributed by atoms with Crippen LogP contribution in [0.4, 0.5) is 0 Å². The maximum absolute atomic E-state index is 10.1. The first-order chi connectivity index (χ1) is 11.2. The molecule has 0 radical (unpaired) electrons. The highest BCUT2D eigenvalue weighted by Crippen LogP contribution is 2.29. The minimum atomic E-state index is 0.375. The summed E-state index contributed by atoms with van der Waals surface area (Å²) in [6.45, 7) is 5.62. The quantitative estimate of drug-likeness (QED) is 0.914. The van der Waals surface area contributed by atoms with Crippen molar-refractivity contribution in [3.05, 3.63) is 65.2 Å². The van der Waals surface area contributed by atoms with Crippen LogP contribution in [0.25, 0.3) is 0 Å². The minimum absolute atomic E-state index is 0.375. The van der Waals surface area contributed by atoms with Gasteiger partial charge in [0.15, 0.2) is 0 Å². The fourth-order valence-corrected chi connectivity index (χ4v) is 3.33. The number of phenolic OH excluding ortho intramolecular Hbond substituents is 1. The number of hydrogen-bond donors (Lipinski definition) is 1. The molecule has 1 saturated heterocycles. The van der Waals surface area contributed by atoms with Gasteiger partial charge in [-0.1, -0.05) is 48.0 Å². The van der Waals surface area contributed by atoms with Gasteiger partial charge in [-0.25, -0.2) is 0 Å². The predicted molar refractivity (Wildman–Crippen MR) is 92.7 cm³/mol. The van der Waals surface area contributed by atoms with E-state index in [1.54, 1.807) is 6.07 Å². The molecule has 1 unspecified atom stereocenters. The monoisotopic (exact) mass is 311 g/mol. The molecule has 0 bridgehead atoms. The molecule has 2 aromatic rings. The first kappa shape index (κ1) is 16.0. The molecule has 3 nitrogen and oxygen atoms in total. The summed E-state index contributed by atoms with van der Waals surface area (Å²) >= 11 is 0. The molecule has 1 aliphatic heterocycles. The lowest BCUT2D eigenvalue weighted by molar-refractivity contribution is 0.0142. The Hall–Kier alpha value is -1.84. The molecular weight excluding hydrogens is 286 g/mol. The van der Waals surface area contributed by atoms with Crippen LogP contribution < -0.4 is 0 Å². The van der Waals surface area contributed by atoms with Crippen LogP contribution in [-0.2, 0) is 11.2 Å². The average molecular weight is 311 g/mol. The number of nitrogens with zero attached hydrogens (tertiary/aromatic N) is 1. The van der Waals surface area contributed by atoms with Gasteiger partial charge in [0.05, 0.1) is 13.2 Å². The van der Waals surface area contributed by atoms with Crippen molar-refractivity contribution >= 4 is 0 Å². The van der Waals surface area contributed by atoms with E-state index in [1.165, 1.54) is 11.1 Å². The van der Waals surface area contributed by atoms with Crippen LogP contribution in [0, 0.1) is 6.92 Å². The second-order valence-electron chi connectivity index (χ2n) is 6.25. The van der Waals surface area contributed by atoms with Crippen LogP contribution in [0.15, 0.2) is 48.5 Å². The van der Waals surface area contributed by atoms with E-state index in [-0.39, 0.29) is 0 Å². The van der Waals surface area contributed by atoms with Crippen LogP contribution >= 0.6 is 0 Å². The fourth-order valence-electron chi connectivity index (χ4n) is 3.33. The molecule has 0 spiro atoms. The second kappa shape index (κ2) is 7.62. The zero-order valence-corrected chi connectivity index (χ0v) is 13.7. The molecule has 1 atom stereocenters. The summed E-state index contributed by atoms with van der Waals surface area (Å²) in [6.07, 6.45) is 1.88. The maximum Gasteiger partial charge on any atom is 0.118 e. The summed E-state index contributed by atoms with van der Waals surface area (Å²) in [5.41, 5.74) is 3.58. The lowest BCUT2D eigenvalue weighted by Gasteiger charge is -2.35. The number of aryl methyl sites for hydroxylation is 2. The molecule has 2 aromatic carbocycles.